The maximum Gasteiger partial charge on any atom is 0.326 e. The number of aromatic amines is 1. The minimum atomic E-state index is -1.51. The Kier molecular flexibility index (Phi) is 26.3. The standard InChI is InChI=1S/C47H80N14O12/c1-9-26(7)36(48)43(69)57-31(19-24(3)4)41(67)55-29(13-11-17-52-47(49)50)40(66)56-30(15-16-35(63)64)45(71)61-18-12-14-33(61)42(68)60-38(27(8)10-2)44(70)58-32(20-28-21-51-23-54-28)39(65)53-22-34(62)59-37(25(5)6)46(72)73/h21,23-27,29-33,36-38H,9-20,22,48H2,1-8H3,(H,51,54)(H,53,65)(H,55,67)(H,56,66)(H,57,69)(H,58,70)(H,59,62)(H,60,68)(H,63,64)(H,72,73)(H4,49,50,52)/t26-,27-,29-,30-,31-,32-,33-,36-,37-,38-/m0/s1. The third-order valence-electron chi connectivity index (χ3n) is 12.7. The van der Waals surface area contributed by atoms with Crippen LogP contribution in [-0.2, 0) is 54.4 Å². The van der Waals surface area contributed by atoms with Gasteiger partial charge in [0.05, 0.1) is 18.9 Å². The number of aliphatic carboxylic acids is 2. The summed E-state index contributed by atoms with van der Waals surface area (Å²) in [5, 5.41) is 37.3. The van der Waals surface area contributed by atoms with Gasteiger partial charge in [-0.1, -0.05) is 68.2 Å². The van der Waals surface area contributed by atoms with E-state index in [1.807, 2.05) is 20.8 Å². The van der Waals surface area contributed by atoms with Crippen LogP contribution in [0.25, 0.3) is 0 Å². The van der Waals surface area contributed by atoms with Crippen LogP contribution in [0, 0.1) is 23.7 Å². The van der Waals surface area contributed by atoms with Gasteiger partial charge in [-0.05, 0) is 62.2 Å². The summed E-state index contributed by atoms with van der Waals surface area (Å²) in [5.41, 5.74) is 17.6. The van der Waals surface area contributed by atoms with Gasteiger partial charge in [0.2, 0.25) is 47.3 Å². The molecule has 8 amide bonds. The topological polar surface area (TPSA) is 418 Å². The molecule has 1 saturated heterocycles. The van der Waals surface area contributed by atoms with Crippen LogP contribution in [0.3, 0.4) is 0 Å². The first-order valence-electron chi connectivity index (χ1n) is 24.9. The molecule has 1 aliphatic rings. The number of hydrogen-bond donors (Lipinski definition) is 13. The second-order valence-electron chi connectivity index (χ2n) is 19.4. The molecule has 73 heavy (non-hydrogen) atoms. The van der Waals surface area contributed by atoms with Gasteiger partial charge in [0, 0.05) is 37.8 Å². The number of carbonyl (C=O) groups is 10. The van der Waals surface area contributed by atoms with E-state index in [1.54, 1.807) is 34.6 Å². The van der Waals surface area contributed by atoms with Gasteiger partial charge in [-0.2, -0.15) is 0 Å². The van der Waals surface area contributed by atoms with E-state index in [4.69, 9.17) is 17.2 Å². The Labute approximate surface area is 426 Å². The summed E-state index contributed by atoms with van der Waals surface area (Å²) < 4.78 is 0. The highest BCUT2D eigenvalue weighted by Gasteiger charge is 2.41. The minimum Gasteiger partial charge on any atom is -0.481 e. The van der Waals surface area contributed by atoms with Crippen molar-refractivity contribution in [3.05, 3.63) is 18.2 Å². The number of H-pyrrole nitrogens is 1. The van der Waals surface area contributed by atoms with Crippen molar-refractivity contribution in [2.45, 2.75) is 168 Å². The number of aliphatic imine (C=N–C) groups is 1. The van der Waals surface area contributed by atoms with Gasteiger partial charge in [0.15, 0.2) is 5.96 Å². The highest BCUT2D eigenvalue weighted by atomic mass is 16.4. The van der Waals surface area contributed by atoms with Crippen molar-refractivity contribution in [2.24, 2.45) is 45.9 Å². The van der Waals surface area contributed by atoms with Crippen molar-refractivity contribution in [3.63, 3.8) is 0 Å². The molecule has 26 nitrogen and oxygen atoms in total. The first-order chi connectivity index (χ1) is 34.3. The molecule has 0 spiro atoms. The number of rotatable bonds is 32. The molecule has 0 radical (unpaired) electrons. The monoisotopic (exact) mass is 1030 g/mol. The maximum absolute atomic E-state index is 14.5. The summed E-state index contributed by atoms with van der Waals surface area (Å²) in [4.78, 5) is 146. The van der Waals surface area contributed by atoms with Gasteiger partial charge in [0.1, 0.15) is 42.3 Å². The second-order valence-corrected chi connectivity index (χ2v) is 19.4. The SMILES string of the molecule is CC[C@H](C)[C@H](N)C(=O)N[C@@H](CC(C)C)C(=O)N[C@@H](CCCN=C(N)N)C(=O)N[C@@H](CCC(=O)O)C(=O)N1CCC[C@H]1C(=O)N[C@H](C(=O)N[C@@H](Cc1cnc[nH]1)C(=O)NCC(=O)N[C@H](C(=O)O)C(C)C)[C@@H](C)CC. The third-order valence-corrected chi connectivity index (χ3v) is 12.7. The van der Waals surface area contributed by atoms with Crippen LogP contribution in [0.4, 0.5) is 0 Å². The molecular weight excluding hydrogens is 953 g/mol. The number of carboxylic acid groups (broad SMARTS) is 2. The normalized spacial score (nSPS) is 17.0. The average Bonchev–Trinajstić information content (AvgIpc) is 4.05. The Morgan fingerprint density at radius 3 is 1.95 bits per heavy atom. The third kappa shape index (κ3) is 21.0. The van der Waals surface area contributed by atoms with Crippen molar-refractivity contribution in [1.29, 1.82) is 0 Å². The zero-order valence-electron chi connectivity index (χ0n) is 43.3. The fraction of sp³-hybridized carbons (Fsp3) is 0.702. The zero-order valence-corrected chi connectivity index (χ0v) is 43.3. The number of likely N-dealkylation sites (tertiary alicyclic amines) is 1. The Bertz CT molecular complexity index is 2060. The summed E-state index contributed by atoms with van der Waals surface area (Å²) in [6.45, 7) is 13.5. The average molecular weight is 1030 g/mol. The number of nitrogens with zero attached hydrogens (tertiary/aromatic N) is 3. The first kappa shape index (κ1) is 62.3. The van der Waals surface area contributed by atoms with Crippen LogP contribution in [0.2, 0.25) is 0 Å². The maximum atomic E-state index is 14.5. The number of carboxylic acids is 2. The van der Waals surface area contributed by atoms with Crippen molar-refractivity contribution in [2.75, 3.05) is 19.6 Å². The zero-order chi connectivity index (χ0) is 55.1. The van der Waals surface area contributed by atoms with Crippen LogP contribution in [0.5, 0.6) is 0 Å². The first-order valence-corrected chi connectivity index (χ1v) is 24.9. The Morgan fingerprint density at radius 2 is 1.38 bits per heavy atom. The lowest BCUT2D eigenvalue weighted by Crippen LogP contribution is -2.60. The van der Waals surface area contributed by atoms with E-state index in [0.717, 1.165) is 0 Å². The highest BCUT2D eigenvalue weighted by molar-refractivity contribution is 5.98. The summed E-state index contributed by atoms with van der Waals surface area (Å²) in [6.07, 6.45) is 3.40. The Morgan fingerprint density at radius 1 is 0.767 bits per heavy atom. The molecule has 0 aromatic carbocycles. The molecule has 1 aliphatic heterocycles. The van der Waals surface area contributed by atoms with E-state index >= 15 is 0 Å². The molecule has 16 N–H and O–H groups in total. The summed E-state index contributed by atoms with van der Waals surface area (Å²) in [5.74, 6) is -10.1. The summed E-state index contributed by atoms with van der Waals surface area (Å²) in [6, 6.07) is -9.85. The van der Waals surface area contributed by atoms with Crippen molar-refractivity contribution in [3.8, 4) is 0 Å². The van der Waals surface area contributed by atoms with E-state index in [1.165, 1.54) is 17.4 Å². The van der Waals surface area contributed by atoms with E-state index in [2.05, 4.69) is 52.2 Å². The highest BCUT2D eigenvalue weighted by Crippen LogP contribution is 2.22. The van der Waals surface area contributed by atoms with E-state index in [9.17, 15) is 58.2 Å². The number of imidazole rings is 1. The smallest absolute Gasteiger partial charge is 0.326 e. The van der Waals surface area contributed by atoms with Crippen LogP contribution in [0.15, 0.2) is 17.5 Å². The molecule has 2 heterocycles. The molecule has 410 valence electrons. The summed E-state index contributed by atoms with van der Waals surface area (Å²) in [7, 11) is 0. The van der Waals surface area contributed by atoms with Gasteiger partial charge in [0.25, 0.3) is 0 Å². The summed E-state index contributed by atoms with van der Waals surface area (Å²) >= 11 is 0. The van der Waals surface area contributed by atoms with E-state index in [-0.39, 0.29) is 63.0 Å². The van der Waals surface area contributed by atoms with Crippen LogP contribution >= 0.6 is 0 Å². The number of guanidine groups is 1. The lowest BCUT2D eigenvalue weighted by molar-refractivity contribution is -0.144. The number of aromatic nitrogens is 2. The second kappa shape index (κ2) is 30.9. The van der Waals surface area contributed by atoms with Gasteiger partial charge in [-0.15, -0.1) is 0 Å². The molecule has 0 unspecified atom stereocenters. The Hall–Kier alpha value is -6.86. The Balaban J connectivity index is 2.40. The van der Waals surface area contributed by atoms with Crippen molar-refractivity contribution >= 4 is 65.2 Å². The number of amides is 8. The number of nitrogens with one attached hydrogen (secondary N) is 8. The molecule has 0 bridgehead atoms. The fourth-order valence-electron chi connectivity index (χ4n) is 7.90. The predicted molar refractivity (Wildman–Crippen MR) is 267 cm³/mol. The van der Waals surface area contributed by atoms with E-state index in [0.29, 0.717) is 25.0 Å². The van der Waals surface area contributed by atoms with Crippen molar-refractivity contribution in [1.82, 2.24) is 52.1 Å². The van der Waals surface area contributed by atoms with Gasteiger partial charge < -0.3 is 74.5 Å². The lowest BCUT2D eigenvalue weighted by Gasteiger charge is -2.32. The number of hydrogen-bond acceptors (Lipinski definition) is 13. The van der Waals surface area contributed by atoms with E-state index < -0.39 is 139 Å². The van der Waals surface area contributed by atoms with Gasteiger partial charge >= 0.3 is 11.9 Å². The van der Waals surface area contributed by atoms with Gasteiger partial charge in [-0.3, -0.25) is 48.1 Å². The molecule has 1 fully saturated rings. The van der Waals surface area contributed by atoms with Crippen LogP contribution in [0.1, 0.15) is 119 Å². The number of nitrogens with two attached hydrogens (primary N) is 3. The van der Waals surface area contributed by atoms with Crippen LogP contribution < -0.4 is 54.4 Å². The lowest BCUT2D eigenvalue weighted by atomic mass is 9.97. The largest absolute Gasteiger partial charge is 0.481 e. The fourth-order valence-corrected chi connectivity index (χ4v) is 7.90. The molecule has 1 aromatic rings. The van der Waals surface area contributed by atoms with Crippen LogP contribution in [-0.4, -0.2) is 158 Å². The predicted octanol–water partition coefficient (Wildman–Crippen LogP) is -1.91. The molecule has 2 rings (SSSR count). The molecule has 10 atom stereocenters. The number of carbonyl (C=O) groups excluding carboxylic acids is 8. The molecule has 1 aromatic heterocycles. The van der Waals surface area contributed by atoms with Gasteiger partial charge in [-0.25, -0.2) is 9.78 Å². The molecule has 0 aliphatic carbocycles. The van der Waals surface area contributed by atoms with Crippen molar-refractivity contribution < 1.29 is 58.2 Å². The molecular formula is C47H80N14O12. The molecule has 0 saturated carbocycles. The minimum absolute atomic E-state index is 0.0228. The quantitative estimate of drug-likeness (QED) is 0.0213. The molecule has 26 heteroatoms.